The number of ether oxygens (including phenoxy) is 3. The van der Waals surface area contributed by atoms with Gasteiger partial charge in [-0.15, -0.1) is 11.3 Å². The van der Waals surface area contributed by atoms with Gasteiger partial charge in [0.15, 0.2) is 16.6 Å². The molecule has 0 radical (unpaired) electrons. The van der Waals surface area contributed by atoms with Crippen molar-refractivity contribution in [1.82, 2.24) is 5.32 Å². The molecule has 1 aliphatic rings. The standard InChI is InChI=1S/C19H22N2O4S2/c1-4-13-11(3)27-17(16(13)18(22)23-5-2)21-19(26)20-9-12-6-7-14-15(8-12)25-10-24-14/h6-8H,4-5,9-10H2,1-3H3,(H2,20,21,26). The maximum absolute atomic E-state index is 12.4. The monoisotopic (exact) mass is 406 g/mol. The molecule has 0 unspecified atom stereocenters. The summed E-state index contributed by atoms with van der Waals surface area (Å²) in [6.07, 6.45) is 0.759. The van der Waals surface area contributed by atoms with E-state index in [0.717, 1.165) is 33.9 Å². The first-order valence-electron chi connectivity index (χ1n) is 8.76. The van der Waals surface area contributed by atoms with Crippen molar-refractivity contribution in [3.8, 4) is 11.5 Å². The average Bonchev–Trinajstić information content (AvgIpc) is 3.23. The van der Waals surface area contributed by atoms with Crippen LogP contribution in [0.2, 0.25) is 0 Å². The van der Waals surface area contributed by atoms with Gasteiger partial charge < -0.3 is 24.8 Å². The number of thiophene rings is 1. The molecule has 27 heavy (non-hydrogen) atoms. The molecule has 2 N–H and O–H groups in total. The molecule has 144 valence electrons. The third-order valence-electron chi connectivity index (χ3n) is 4.16. The Hall–Kier alpha value is -2.32. The lowest BCUT2D eigenvalue weighted by atomic mass is 10.1. The third-order valence-corrected chi connectivity index (χ3v) is 5.47. The fourth-order valence-electron chi connectivity index (χ4n) is 2.89. The Balaban J connectivity index is 1.68. The van der Waals surface area contributed by atoms with E-state index in [1.54, 1.807) is 6.92 Å². The highest BCUT2D eigenvalue weighted by Gasteiger charge is 2.22. The van der Waals surface area contributed by atoms with E-state index in [0.29, 0.717) is 28.8 Å². The molecule has 8 heteroatoms. The van der Waals surface area contributed by atoms with E-state index >= 15 is 0 Å². The van der Waals surface area contributed by atoms with E-state index in [4.69, 9.17) is 26.4 Å². The zero-order valence-electron chi connectivity index (χ0n) is 15.5. The Morgan fingerprint density at radius 2 is 2.07 bits per heavy atom. The molecule has 0 saturated heterocycles. The van der Waals surface area contributed by atoms with E-state index in [2.05, 4.69) is 10.6 Å². The second-order valence-electron chi connectivity index (χ2n) is 5.91. The minimum atomic E-state index is -0.320. The Labute approximate surface area is 167 Å². The normalized spacial score (nSPS) is 12.0. The Kier molecular flexibility index (Phi) is 6.18. The SMILES string of the molecule is CCOC(=O)c1c(NC(=S)NCc2ccc3c(c2)OCO3)sc(C)c1CC. The van der Waals surface area contributed by atoms with Crippen molar-refractivity contribution < 1.29 is 19.0 Å². The summed E-state index contributed by atoms with van der Waals surface area (Å²) < 4.78 is 15.9. The molecule has 0 spiro atoms. The van der Waals surface area contributed by atoms with E-state index in [1.807, 2.05) is 32.0 Å². The highest BCUT2D eigenvalue weighted by Crippen LogP contribution is 2.34. The number of hydrogen-bond acceptors (Lipinski definition) is 6. The minimum Gasteiger partial charge on any atom is -0.462 e. The summed E-state index contributed by atoms with van der Waals surface area (Å²) in [5, 5.41) is 7.47. The topological polar surface area (TPSA) is 68.8 Å². The quantitative estimate of drug-likeness (QED) is 0.555. The third kappa shape index (κ3) is 4.33. The van der Waals surface area contributed by atoms with Crippen molar-refractivity contribution in [1.29, 1.82) is 0 Å². The highest BCUT2D eigenvalue weighted by atomic mass is 32.1. The average molecular weight is 407 g/mol. The Morgan fingerprint density at radius 3 is 2.81 bits per heavy atom. The number of carbonyl (C=O) groups excluding carboxylic acids is 1. The molecule has 2 aromatic rings. The maximum atomic E-state index is 12.4. The predicted molar refractivity (Wildman–Crippen MR) is 110 cm³/mol. The van der Waals surface area contributed by atoms with Crippen LogP contribution in [-0.2, 0) is 17.7 Å². The molecule has 2 heterocycles. The molecule has 6 nitrogen and oxygen atoms in total. The van der Waals surface area contributed by atoms with Gasteiger partial charge in [0.2, 0.25) is 6.79 Å². The second kappa shape index (κ2) is 8.58. The zero-order valence-corrected chi connectivity index (χ0v) is 17.1. The summed E-state index contributed by atoms with van der Waals surface area (Å²) in [6.45, 7) is 6.94. The molecular formula is C19H22N2O4S2. The first-order valence-corrected chi connectivity index (χ1v) is 9.98. The van der Waals surface area contributed by atoms with Gasteiger partial charge in [0.25, 0.3) is 0 Å². The number of thiocarbonyl (C=S) groups is 1. The van der Waals surface area contributed by atoms with Gasteiger partial charge in [-0.3, -0.25) is 0 Å². The molecule has 3 rings (SSSR count). The van der Waals surface area contributed by atoms with E-state index in [9.17, 15) is 4.79 Å². The van der Waals surface area contributed by atoms with Gasteiger partial charge in [0.05, 0.1) is 12.2 Å². The Morgan fingerprint density at radius 1 is 1.30 bits per heavy atom. The Bertz CT molecular complexity index is 864. The number of benzene rings is 1. The van der Waals surface area contributed by atoms with Crippen LogP contribution in [0.3, 0.4) is 0 Å². The van der Waals surface area contributed by atoms with Crippen LogP contribution in [0.4, 0.5) is 5.00 Å². The predicted octanol–water partition coefficient (Wildman–Crippen LogP) is 4.01. The van der Waals surface area contributed by atoms with E-state index < -0.39 is 0 Å². The molecule has 1 aromatic heterocycles. The van der Waals surface area contributed by atoms with Crippen molar-refractivity contribution in [3.05, 3.63) is 39.8 Å². The summed E-state index contributed by atoms with van der Waals surface area (Å²) in [7, 11) is 0. The van der Waals surface area contributed by atoms with Crippen LogP contribution in [-0.4, -0.2) is 24.5 Å². The van der Waals surface area contributed by atoms with Crippen LogP contribution in [0.5, 0.6) is 11.5 Å². The lowest BCUT2D eigenvalue weighted by Gasteiger charge is -2.12. The first kappa shape index (κ1) is 19.4. The van der Waals surface area contributed by atoms with E-state index in [1.165, 1.54) is 11.3 Å². The van der Waals surface area contributed by atoms with Crippen LogP contribution in [0.15, 0.2) is 18.2 Å². The van der Waals surface area contributed by atoms with Crippen molar-refractivity contribution in [2.24, 2.45) is 0 Å². The molecule has 0 aliphatic carbocycles. The summed E-state index contributed by atoms with van der Waals surface area (Å²) in [6, 6.07) is 5.76. The number of aryl methyl sites for hydroxylation is 1. The molecule has 0 bridgehead atoms. The van der Waals surface area contributed by atoms with Crippen LogP contribution < -0.4 is 20.1 Å². The van der Waals surface area contributed by atoms with E-state index in [-0.39, 0.29) is 12.8 Å². The largest absolute Gasteiger partial charge is 0.462 e. The van der Waals surface area contributed by atoms with Gasteiger partial charge in [0.1, 0.15) is 5.00 Å². The zero-order chi connectivity index (χ0) is 19.4. The van der Waals surface area contributed by atoms with Crippen LogP contribution in [0, 0.1) is 6.92 Å². The number of rotatable bonds is 6. The summed E-state index contributed by atoms with van der Waals surface area (Å²) in [5.41, 5.74) is 2.60. The van der Waals surface area contributed by atoms with Crippen molar-refractivity contribution in [3.63, 3.8) is 0 Å². The highest BCUT2D eigenvalue weighted by molar-refractivity contribution is 7.80. The first-order chi connectivity index (χ1) is 13.0. The van der Waals surface area contributed by atoms with Crippen LogP contribution >= 0.6 is 23.6 Å². The molecule has 0 atom stereocenters. The summed E-state index contributed by atoms with van der Waals surface area (Å²) >= 11 is 6.92. The second-order valence-corrected chi connectivity index (χ2v) is 7.54. The minimum absolute atomic E-state index is 0.250. The van der Waals surface area contributed by atoms with Gasteiger partial charge in [-0.05, 0) is 55.7 Å². The summed E-state index contributed by atoms with van der Waals surface area (Å²) in [5.74, 6) is 1.17. The molecule has 0 fully saturated rings. The van der Waals surface area contributed by atoms with Crippen molar-refractivity contribution in [2.45, 2.75) is 33.7 Å². The number of carbonyl (C=O) groups is 1. The number of fused-ring (bicyclic) bond motifs is 1. The van der Waals surface area contributed by atoms with Crippen LogP contribution in [0.1, 0.15) is 40.2 Å². The fraction of sp³-hybridized carbons (Fsp3) is 0.368. The smallest absolute Gasteiger partial charge is 0.341 e. The van der Waals surface area contributed by atoms with Gasteiger partial charge >= 0.3 is 5.97 Å². The van der Waals surface area contributed by atoms with Gasteiger partial charge in [0, 0.05) is 11.4 Å². The molecule has 0 amide bonds. The van der Waals surface area contributed by atoms with Crippen molar-refractivity contribution in [2.75, 3.05) is 18.7 Å². The maximum Gasteiger partial charge on any atom is 0.341 e. The van der Waals surface area contributed by atoms with Crippen molar-refractivity contribution >= 4 is 39.6 Å². The molecule has 0 saturated carbocycles. The molecular weight excluding hydrogens is 384 g/mol. The molecule has 1 aromatic carbocycles. The number of nitrogens with one attached hydrogen (secondary N) is 2. The lowest BCUT2D eigenvalue weighted by Crippen LogP contribution is -2.28. The lowest BCUT2D eigenvalue weighted by molar-refractivity contribution is 0.0527. The van der Waals surface area contributed by atoms with Crippen LogP contribution in [0.25, 0.3) is 0 Å². The van der Waals surface area contributed by atoms with Gasteiger partial charge in [-0.1, -0.05) is 13.0 Å². The summed E-state index contributed by atoms with van der Waals surface area (Å²) in [4.78, 5) is 13.5. The van der Waals surface area contributed by atoms with Gasteiger partial charge in [-0.2, -0.15) is 0 Å². The molecule has 1 aliphatic heterocycles. The fourth-order valence-corrected chi connectivity index (χ4v) is 4.27. The van der Waals surface area contributed by atoms with Gasteiger partial charge in [-0.25, -0.2) is 4.79 Å². The number of hydrogen-bond donors (Lipinski definition) is 2. The number of esters is 1. The number of anilines is 1.